The van der Waals surface area contributed by atoms with E-state index in [1.54, 1.807) is 18.2 Å². The van der Waals surface area contributed by atoms with E-state index in [9.17, 15) is 4.79 Å². The van der Waals surface area contributed by atoms with E-state index in [1.807, 2.05) is 19.9 Å². The van der Waals surface area contributed by atoms with Crippen molar-refractivity contribution in [2.75, 3.05) is 13.2 Å². The minimum atomic E-state index is -0.862. The van der Waals surface area contributed by atoms with Gasteiger partial charge in [0, 0.05) is 5.56 Å². The maximum Gasteiger partial charge on any atom is 0.307 e. The third kappa shape index (κ3) is 5.36. The number of para-hydroxylation sites is 1. The first-order valence-corrected chi connectivity index (χ1v) is 5.63. The van der Waals surface area contributed by atoms with E-state index >= 15 is 0 Å². The molecule has 4 nitrogen and oxygen atoms in total. The number of carboxylic acid groups (broad SMARTS) is 1. The van der Waals surface area contributed by atoms with Gasteiger partial charge in [-0.3, -0.25) is 4.79 Å². The molecule has 0 unspecified atom stereocenters. The molecule has 0 aliphatic carbocycles. The van der Waals surface area contributed by atoms with Crippen LogP contribution in [0.1, 0.15) is 19.4 Å². The molecular weight excluding hydrogens is 220 g/mol. The molecule has 0 bridgehead atoms. The molecule has 0 saturated carbocycles. The van der Waals surface area contributed by atoms with Crippen LogP contribution in [0, 0.1) is 0 Å². The summed E-state index contributed by atoms with van der Waals surface area (Å²) in [6, 6.07) is 7.15. The zero-order valence-corrected chi connectivity index (χ0v) is 10.2. The Kier molecular flexibility index (Phi) is 5.49. The fraction of sp³-hybridized carbons (Fsp3) is 0.462. The number of rotatable bonds is 7. The number of carboxylic acids is 1. The van der Waals surface area contributed by atoms with Crippen molar-refractivity contribution >= 4 is 5.97 Å². The first-order valence-electron chi connectivity index (χ1n) is 5.63. The molecule has 0 amide bonds. The van der Waals surface area contributed by atoms with Gasteiger partial charge in [0.1, 0.15) is 12.4 Å². The van der Waals surface area contributed by atoms with Gasteiger partial charge in [-0.05, 0) is 19.9 Å². The number of ether oxygens (including phenoxy) is 2. The van der Waals surface area contributed by atoms with Crippen LogP contribution in [0.25, 0.3) is 0 Å². The van der Waals surface area contributed by atoms with Crippen LogP contribution >= 0.6 is 0 Å². The van der Waals surface area contributed by atoms with Gasteiger partial charge in [-0.1, -0.05) is 18.2 Å². The molecular formula is C13H18O4. The Morgan fingerprint density at radius 1 is 1.29 bits per heavy atom. The number of aliphatic carboxylic acids is 1. The molecule has 0 spiro atoms. The number of carbonyl (C=O) groups is 1. The second-order valence-electron chi connectivity index (χ2n) is 3.95. The zero-order chi connectivity index (χ0) is 12.7. The van der Waals surface area contributed by atoms with Gasteiger partial charge in [0.05, 0.1) is 19.1 Å². The molecule has 0 aliphatic heterocycles. The average Bonchev–Trinajstić information content (AvgIpc) is 2.25. The Bertz CT molecular complexity index is 360. The molecule has 0 atom stereocenters. The van der Waals surface area contributed by atoms with Crippen LogP contribution in [-0.2, 0) is 16.0 Å². The fourth-order valence-corrected chi connectivity index (χ4v) is 1.39. The van der Waals surface area contributed by atoms with Crippen LogP contribution in [0.5, 0.6) is 5.75 Å². The van der Waals surface area contributed by atoms with Crippen molar-refractivity contribution in [2.45, 2.75) is 26.4 Å². The van der Waals surface area contributed by atoms with E-state index in [0.29, 0.717) is 24.5 Å². The van der Waals surface area contributed by atoms with E-state index in [2.05, 4.69) is 0 Å². The summed E-state index contributed by atoms with van der Waals surface area (Å²) in [6.45, 7) is 4.84. The van der Waals surface area contributed by atoms with Crippen molar-refractivity contribution in [3.63, 3.8) is 0 Å². The monoisotopic (exact) mass is 238 g/mol. The van der Waals surface area contributed by atoms with Gasteiger partial charge >= 0.3 is 5.97 Å². The van der Waals surface area contributed by atoms with Gasteiger partial charge < -0.3 is 14.6 Å². The number of hydrogen-bond donors (Lipinski definition) is 1. The van der Waals surface area contributed by atoms with Gasteiger partial charge in [0.25, 0.3) is 0 Å². The van der Waals surface area contributed by atoms with Crippen LogP contribution in [0.15, 0.2) is 24.3 Å². The van der Waals surface area contributed by atoms with Crippen molar-refractivity contribution in [3.05, 3.63) is 29.8 Å². The van der Waals surface area contributed by atoms with Crippen molar-refractivity contribution in [3.8, 4) is 5.75 Å². The van der Waals surface area contributed by atoms with Gasteiger partial charge in [0.15, 0.2) is 0 Å². The van der Waals surface area contributed by atoms with Gasteiger partial charge in [-0.25, -0.2) is 0 Å². The highest BCUT2D eigenvalue weighted by Gasteiger charge is 2.07. The maximum atomic E-state index is 10.7. The van der Waals surface area contributed by atoms with E-state index < -0.39 is 5.97 Å². The van der Waals surface area contributed by atoms with Crippen LogP contribution in [-0.4, -0.2) is 30.4 Å². The molecule has 0 saturated heterocycles. The van der Waals surface area contributed by atoms with E-state index in [0.717, 1.165) is 0 Å². The van der Waals surface area contributed by atoms with Gasteiger partial charge in [-0.2, -0.15) is 0 Å². The predicted molar refractivity (Wildman–Crippen MR) is 64.4 cm³/mol. The van der Waals surface area contributed by atoms with Gasteiger partial charge in [-0.15, -0.1) is 0 Å². The summed E-state index contributed by atoms with van der Waals surface area (Å²) in [5.41, 5.74) is 0.685. The Balaban J connectivity index is 2.49. The van der Waals surface area contributed by atoms with Crippen molar-refractivity contribution < 1.29 is 19.4 Å². The topological polar surface area (TPSA) is 55.8 Å². The molecule has 0 radical (unpaired) electrons. The summed E-state index contributed by atoms with van der Waals surface area (Å²) >= 11 is 0. The van der Waals surface area contributed by atoms with Crippen LogP contribution < -0.4 is 4.74 Å². The first kappa shape index (κ1) is 13.5. The largest absolute Gasteiger partial charge is 0.491 e. The van der Waals surface area contributed by atoms with E-state index in [1.165, 1.54) is 0 Å². The lowest BCUT2D eigenvalue weighted by Crippen LogP contribution is -2.12. The second-order valence-corrected chi connectivity index (χ2v) is 3.95. The highest BCUT2D eigenvalue weighted by molar-refractivity contribution is 5.71. The highest BCUT2D eigenvalue weighted by atomic mass is 16.5. The lowest BCUT2D eigenvalue weighted by atomic mass is 10.1. The molecule has 4 heteroatoms. The summed E-state index contributed by atoms with van der Waals surface area (Å²) in [7, 11) is 0. The van der Waals surface area contributed by atoms with Crippen LogP contribution in [0.3, 0.4) is 0 Å². The Labute approximate surface area is 101 Å². The minimum absolute atomic E-state index is 0.0266. The standard InChI is InChI=1S/C13H18O4/c1-10(2)16-7-8-17-12-6-4-3-5-11(12)9-13(14)15/h3-6,10H,7-9H2,1-2H3,(H,14,15). The summed E-state index contributed by atoms with van der Waals surface area (Å²) in [4.78, 5) is 10.7. The molecule has 1 rings (SSSR count). The lowest BCUT2D eigenvalue weighted by Gasteiger charge is -2.11. The molecule has 17 heavy (non-hydrogen) atoms. The highest BCUT2D eigenvalue weighted by Crippen LogP contribution is 2.18. The zero-order valence-electron chi connectivity index (χ0n) is 10.2. The van der Waals surface area contributed by atoms with Crippen molar-refractivity contribution in [1.82, 2.24) is 0 Å². The number of benzene rings is 1. The van der Waals surface area contributed by atoms with Gasteiger partial charge in [0.2, 0.25) is 0 Å². The predicted octanol–water partition coefficient (Wildman–Crippen LogP) is 2.12. The first-order chi connectivity index (χ1) is 8.09. The van der Waals surface area contributed by atoms with E-state index in [4.69, 9.17) is 14.6 Å². The van der Waals surface area contributed by atoms with Crippen LogP contribution in [0.4, 0.5) is 0 Å². The summed E-state index contributed by atoms with van der Waals surface area (Å²) in [5, 5.41) is 8.76. The average molecular weight is 238 g/mol. The molecule has 94 valence electrons. The molecule has 1 aromatic carbocycles. The molecule has 0 fully saturated rings. The summed E-state index contributed by atoms with van der Waals surface area (Å²) < 4.78 is 10.8. The number of hydrogen-bond acceptors (Lipinski definition) is 3. The van der Waals surface area contributed by atoms with Crippen molar-refractivity contribution in [1.29, 1.82) is 0 Å². The Morgan fingerprint density at radius 2 is 2.00 bits per heavy atom. The second kappa shape index (κ2) is 6.91. The Morgan fingerprint density at radius 3 is 2.65 bits per heavy atom. The molecule has 1 N–H and O–H groups in total. The van der Waals surface area contributed by atoms with E-state index in [-0.39, 0.29) is 12.5 Å². The Hall–Kier alpha value is -1.55. The SMILES string of the molecule is CC(C)OCCOc1ccccc1CC(=O)O. The third-order valence-electron chi connectivity index (χ3n) is 2.11. The van der Waals surface area contributed by atoms with Crippen molar-refractivity contribution in [2.24, 2.45) is 0 Å². The lowest BCUT2D eigenvalue weighted by molar-refractivity contribution is -0.136. The summed E-state index contributed by atoms with van der Waals surface area (Å²) in [6.07, 6.45) is 0.147. The minimum Gasteiger partial charge on any atom is -0.491 e. The maximum absolute atomic E-state index is 10.7. The molecule has 0 heterocycles. The third-order valence-corrected chi connectivity index (χ3v) is 2.11. The normalized spacial score (nSPS) is 10.5. The van der Waals surface area contributed by atoms with Crippen LogP contribution in [0.2, 0.25) is 0 Å². The quantitative estimate of drug-likeness (QED) is 0.739. The molecule has 0 aliphatic rings. The molecule has 1 aromatic rings. The summed E-state index contributed by atoms with van der Waals surface area (Å²) in [5.74, 6) is -0.248. The fourth-order valence-electron chi connectivity index (χ4n) is 1.39. The smallest absolute Gasteiger partial charge is 0.307 e. The molecule has 0 aromatic heterocycles.